The molecule has 0 saturated heterocycles. The van der Waals surface area contributed by atoms with Crippen molar-refractivity contribution in [1.29, 1.82) is 0 Å². The molecule has 0 radical (unpaired) electrons. The van der Waals surface area contributed by atoms with Gasteiger partial charge in [0.15, 0.2) is 0 Å². The molecule has 0 spiro atoms. The molecule has 84 valence electrons. The van der Waals surface area contributed by atoms with Crippen LogP contribution >= 0.6 is 0 Å². The molecule has 1 heterocycles. The summed E-state index contributed by atoms with van der Waals surface area (Å²) in [6.07, 6.45) is 2.19. The Morgan fingerprint density at radius 2 is 2.40 bits per heavy atom. The molecule has 0 bridgehead atoms. The molecule has 0 aliphatic rings. The quantitative estimate of drug-likeness (QED) is 0.724. The second-order valence-corrected chi connectivity index (χ2v) is 3.70. The number of hydrogen-bond donors (Lipinski definition) is 2. The highest BCUT2D eigenvalue weighted by Gasteiger charge is 2.19. The summed E-state index contributed by atoms with van der Waals surface area (Å²) in [5.41, 5.74) is -0.798. The van der Waals surface area contributed by atoms with Crippen molar-refractivity contribution in [3.8, 4) is 0 Å². The Balaban J connectivity index is 2.35. The lowest BCUT2D eigenvalue weighted by atomic mass is 10.0. The zero-order valence-corrected chi connectivity index (χ0v) is 9.10. The van der Waals surface area contributed by atoms with Crippen LogP contribution in [-0.4, -0.2) is 41.2 Å². The van der Waals surface area contributed by atoms with Gasteiger partial charge in [-0.3, -0.25) is 0 Å². The molecule has 1 aromatic rings. The van der Waals surface area contributed by atoms with Crippen LogP contribution in [0.4, 0.5) is 5.82 Å². The third-order valence-corrected chi connectivity index (χ3v) is 2.07. The number of aliphatic hydroxyl groups is 1. The largest absolute Gasteiger partial charge is 0.388 e. The molecule has 15 heavy (non-hydrogen) atoms. The van der Waals surface area contributed by atoms with Crippen molar-refractivity contribution < 1.29 is 9.84 Å². The standard InChI is InChI=1S/C10H17N3O2/c1-10(14,5-7-15-2)8-11-9-4-3-6-12-13-9/h3-4,6,14H,5,7-8H2,1-2H3,(H,11,13). The van der Waals surface area contributed by atoms with E-state index in [-0.39, 0.29) is 0 Å². The fourth-order valence-corrected chi connectivity index (χ4v) is 1.09. The minimum Gasteiger partial charge on any atom is -0.388 e. The highest BCUT2D eigenvalue weighted by atomic mass is 16.5. The maximum Gasteiger partial charge on any atom is 0.148 e. The molecular formula is C10H17N3O2. The van der Waals surface area contributed by atoms with Gasteiger partial charge in [-0.2, -0.15) is 5.10 Å². The molecule has 0 amide bonds. The molecule has 2 N–H and O–H groups in total. The van der Waals surface area contributed by atoms with E-state index in [0.717, 1.165) is 0 Å². The van der Waals surface area contributed by atoms with Crippen LogP contribution in [0.3, 0.4) is 0 Å². The van der Waals surface area contributed by atoms with Crippen LogP contribution in [0, 0.1) is 0 Å². The van der Waals surface area contributed by atoms with E-state index in [1.165, 1.54) is 0 Å². The van der Waals surface area contributed by atoms with Crippen LogP contribution < -0.4 is 5.32 Å². The molecule has 5 heteroatoms. The van der Waals surface area contributed by atoms with E-state index in [0.29, 0.717) is 25.4 Å². The van der Waals surface area contributed by atoms with Gasteiger partial charge >= 0.3 is 0 Å². The lowest BCUT2D eigenvalue weighted by Crippen LogP contribution is -2.34. The Bertz CT molecular complexity index is 277. The number of methoxy groups -OCH3 is 1. The van der Waals surface area contributed by atoms with E-state index in [4.69, 9.17) is 4.74 Å². The first kappa shape index (κ1) is 11.9. The molecule has 0 aromatic carbocycles. The molecule has 0 saturated carbocycles. The maximum absolute atomic E-state index is 9.92. The van der Waals surface area contributed by atoms with Crippen LogP contribution in [0.2, 0.25) is 0 Å². The van der Waals surface area contributed by atoms with Gasteiger partial charge in [-0.25, -0.2) is 0 Å². The van der Waals surface area contributed by atoms with Crippen LogP contribution in [0.25, 0.3) is 0 Å². The molecule has 1 rings (SSSR count). The van der Waals surface area contributed by atoms with Crippen LogP contribution in [-0.2, 0) is 4.74 Å². The van der Waals surface area contributed by atoms with Crippen molar-refractivity contribution in [1.82, 2.24) is 10.2 Å². The van der Waals surface area contributed by atoms with Crippen LogP contribution in [0.5, 0.6) is 0 Å². The summed E-state index contributed by atoms with van der Waals surface area (Å²) in [6.45, 7) is 2.72. The minimum absolute atomic E-state index is 0.426. The Labute approximate surface area is 89.5 Å². The Kier molecular flexibility index (Phi) is 4.45. The van der Waals surface area contributed by atoms with Gasteiger partial charge in [0, 0.05) is 32.9 Å². The van der Waals surface area contributed by atoms with Gasteiger partial charge in [0.1, 0.15) is 5.82 Å². The highest BCUT2D eigenvalue weighted by Crippen LogP contribution is 2.10. The number of hydrogen-bond acceptors (Lipinski definition) is 5. The molecule has 0 aliphatic carbocycles. The molecule has 0 fully saturated rings. The fraction of sp³-hybridized carbons (Fsp3) is 0.600. The molecular weight excluding hydrogens is 194 g/mol. The fourth-order valence-electron chi connectivity index (χ4n) is 1.09. The van der Waals surface area contributed by atoms with Crippen molar-refractivity contribution in [2.75, 3.05) is 25.6 Å². The first-order valence-electron chi connectivity index (χ1n) is 4.87. The third kappa shape index (κ3) is 4.71. The summed E-state index contributed by atoms with van der Waals surface area (Å²) >= 11 is 0. The SMILES string of the molecule is COCCC(C)(O)CNc1cccnn1. The lowest BCUT2D eigenvalue weighted by molar-refractivity contribution is 0.0357. The van der Waals surface area contributed by atoms with Gasteiger partial charge in [0.25, 0.3) is 0 Å². The van der Waals surface area contributed by atoms with E-state index < -0.39 is 5.60 Å². The minimum atomic E-state index is -0.798. The van der Waals surface area contributed by atoms with Crippen molar-refractivity contribution in [2.45, 2.75) is 18.9 Å². The predicted octanol–water partition coefficient (Wildman–Crippen LogP) is 0.676. The molecule has 1 atom stereocenters. The zero-order valence-electron chi connectivity index (χ0n) is 9.10. The number of anilines is 1. The van der Waals surface area contributed by atoms with Gasteiger partial charge in [-0.15, -0.1) is 5.10 Å². The second-order valence-electron chi connectivity index (χ2n) is 3.70. The van der Waals surface area contributed by atoms with Crippen LogP contribution in [0.15, 0.2) is 18.3 Å². The summed E-state index contributed by atoms with van der Waals surface area (Å²) in [4.78, 5) is 0. The van der Waals surface area contributed by atoms with E-state index in [9.17, 15) is 5.11 Å². The lowest BCUT2D eigenvalue weighted by Gasteiger charge is -2.23. The molecule has 5 nitrogen and oxygen atoms in total. The van der Waals surface area contributed by atoms with Gasteiger partial charge in [0.2, 0.25) is 0 Å². The number of rotatable bonds is 6. The van der Waals surface area contributed by atoms with E-state index in [2.05, 4.69) is 15.5 Å². The predicted molar refractivity (Wildman–Crippen MR) is 57.6 cm³/mol. The van der Waals surface area contributed by atoms with E-state index >= 15 is 0 Å². The molecule has 1 unspecified atom stereocenters. The van der Waals surface area contributed by atoms with Gasteiger partial charge in [0.05, 0.1) is 5.60 Å². The van der Waals surface area contributed by atoms with Crippen molar-refractivity contribution in [3.63, 3.8) is 0 Å². The monoisotopic (exact) mass is 211 g/mol. The highest BCUT2D eigenvalue weighted by molar-refractivity contribution is 5.31. The Morgan fingerprint density at radius 3 is 3.00 bits per heavy atom. The van der Waals surface area contributed by atoms with Crippen molar-refractivity contribution in [2.24, 2.45) is 0 Å². The van der Waals surface area contributed by atoms with E-state index in [1.54, 1.807) is 32.4 Å². The Morgan fingerprint density at radius 1 is 1.60 bits per heavy atom. The summed E-state index contributed by atoms with van der Waals surface area (Å²) in [5, 5.41) is 20.5. The zero-order chi connectivity index (χ0) is 11.1. The topological polar surface area (TPSA) is 67.3 Å². The van der Waals surface area contributed by atoms with Crippen molar-refractivity contribution in [3.05, 3.63) is 18.3 Å². The normalized spacial score (nSPS) is 14.6. The number of ether oxygens (including phenoxy) is 1. The first-order chi connectivity index (χ1) is 7.14. The summed E-state index contributed by atoms with van der Waals surface area (Å²) < 4.78 is 4.91. The van der Waals surface area contributed by atoms with Crippen molar-refractivity contribution >= 4 is 5.82 Å². The van der Waals surface area contributed by atoms with Crippen LogP contribution in [0.1, 0.15) is 13.3 Å². The number of aromatic nitrogens is 2. The third-order valence-electron chi connectivity index (χ3n) is 2.07. The summed E-state index contributed by atoms with van der Waals surface area (Å²) in [6, 6.07) is 3.60. The number of nitrogens with zero attached hydrogens (tertiary/aromatic N) is 2. The maximum atomic E-state index is 9.92. The molecule has 1 aromatic heterocycles. The number of nitrogens with one attached hydrogen (secondary N) is 1. The van der Waals surface area contributed by atoms with E-state index in [1.807, 2.05) is 0 Å². The average Bonchev–Trinajstić information content (AvgIpc) is 2.25. The first-order valence-corrected chi connectivity index (χ1v) is 4.87. The Hall–Kier alpha value is -1.20. The average molecular weight is 211 g/mol. The van der Waals surface area contributed by atoms with Gasteiger partial charge in [-0.1, -0.05) is 0 Å². The van der Waals surface area contributed by atoms with Gasteiger partial charge in [-0.05, 0) is 19.1 Å². The summed E-state index contributed by atoms with van der Waals surface area (Å²) in [7, 11) is 1.62. The molecule has 0 aliphatic heterocycles. The second kappa shape index (κ2) is 5.63. The smallest absolute Gasteiger partial charge is 0.148 e. The van der Waals surface area contributed by atoms with Gasteiger partial charge < -0.3 is 15.2 Å². The summed E-state index contributed by atoms with van der Waals surface area (Å²) in [5.74, 6) is 0.662.